The van der Waals surface area contributed by atoms with Crippen molar-refractivity contribution in [2.75, 3.05) is 26.3 Å². The summed E-state index contributed by atoms with van der Waals surface area (Å²) >= 11 is 0. The highest BCUT2D eigenvalue weighted by Gasteiger charge is 2.36. The molecule has 1 aliphatic heterocycles. The third-order valence-corrected chi connectivity index (χ3v) is 4.65. The Morgan fingerprint density at radius 2 is 1.95 bits per heavy atom. The summed E-state index contributed by atoms with van der Waals surface area (Å²) in [7, 11) is 0. The third-order valence-electron chi connectivity index (χ3n) is 4.65. The van der Waals surface area contributed by atoms with Gasteiger partial charge in [0.05, 0.1) is 19.3 Å². The van der Waals surface area contributed by atoms with E-state index in [0.717, 1.165) is 48.6 Å². The number of fused-ring (bicyclic) bond motifs is 1. The molecule has 0 bridgehead atoms. The molecule has 0 radical (unpaired) electrons. The van der Waals surface area contributed by atoms with Crippen LogP contribution in [0.15, 0.2) is 28.7 Å². The van der Waals surface area contributed by atoms with Crippen molar-refractivity contribution < 1.29 is 9.15 Å². The van der Waals surface area contributed by atoms with Gasteiger partial charge in [0.15, 0.2) is 0 Å². The van der Waals surface area contributed by atoms with Gasteiger partial charge in [0, 0.05) is 24.0 Å². The first-order chi connectivity index (χ1) is 10.00. The minimum Gasteiger partial charge on any atom is -0.459 e. The van der Waals surface area contributed by atoms with E-state index in [2.05, 4.69) is 49.9 Å². The van der Waals surface area contributed by atoms with Crippen LogP contribution in [0.5, 0.6) is 0 Å². The summed E-state index contributed by atoms with van der Waals surface area (Å²) in [5, 5.41) is 1.12. The highest BCUT2D eigenvalue weighted by Crippen LogP contribution is 2.33. The monoisotopic (exact) mass is 288 g/mol. The van der Waals surface area contributed by atoms with Crippen molar-refractivity contribution in [1.29, 1.82) is 0 Å². The first-order valence-electron chi connectivity index (χ1n) is 7.57. The number of nitrogens with two attached hydrogens (primary N) is 1. The number of rotatable bonds is 3. The van der Waals surface area contributed by atoms with Gasteiger partial charge in [-0.1, -0.05) is 18.2 Å². The van der Waals surface area contributed by atoms with Gasteiger partial charge in [0.25, 0.3) is 0 Å². The lowest BCUT2D eigenvalue weighted by molar-refractivity contribution is -0.0211. The van der Waals surface area contributed by atoms with Gasteiger partial charge in [0.2, 0.25) is 0 Å². The molecule has 4 heteroatoms. The average Bonchev–Trinajstić information content (AvgIpc) is 2.93. The van der Waals surface area contributed by atoms with Crippen molar-refractivity contribution in [2.45, 2.75) is 32.4 Å². The Morgan fingerprint density at radius 3 is 2.62 bits per heavy atom. The van der Waals surface area contributed by atoms with E-state index < -0.39 is 0 Å². The highest BCUT2D eigenvalue weighted by atomic mass is 16.5. The summed E-state index contributed by atoms with van der Waals surface area (Å²) in [6.07, 6.45) is 0. The Balaban J connectivity index is 1.91. The Labute approximate surface area is 125 Å². The van der Waals surface area contributed by atoms with Crippen LogP contribution in [0, 0.1) is 6.92 Å². The zero-order valence-electron chi connectivity index (χ0n) is 13.1. The molecule has 1 fully saturated rings. The number of benzene rings is 1. The summed E-state index contributed by atoms with van der Waals surface area (Å²) < 4.78 is 11.5. The lowest BCUT2D eigenvalue weighted by Crippen LogP contribution is -2.55. The van der Waals surface area contributed by atoms with E-state index in [9.17, 15) is 0 Å². The van der Waals surface area contributed by atoms with E-state index in [1.54, 1.807) is 0 Å². The molecule has 1 aromatic heterocycles. The molecular formula is C17H24N2O2. The SMILES string of the molecule is Cc1cccc2cc(C(N)C(C)(C)N3CCOCC3)oc12. The van der Waals surface area contributed by atoms with Crippen LogP contribution in [-0.4, -0.2) is 36.7 Å². The molecule has 0 amide bonds. The molecule has 4 nitrogen and oxygen atoms in total. The standard InChI is InChI=1S/C17H24N2O2/c1-12-5-4-6-13-11-14(21-15(12)13)16(18)17(2,3)19-7-9-20-10-8-19/h4-6,11,16H,7-10,18H2,1-3H3. The summed E-state index contributed by atoms with van der Waals surface area (Å²) in [5.74, 6) is 0.857. The fourth-order valence-electron chi connectivity index (χ4n) is 3.07. The van der Waals surface area contributed by atoms with Crippen LogP contribution in [0.1, 0.15) is 31.2 Å². The summed E-state index contributed by atoms with van der Waals surface area (Å²) in [4.78, 5) is 2.39. The first kappa shape index (κ1) is 14.6. The lowest BCUT2D eigenvalue weighted by Gasteiger charge is -2.43. The number of nitrogens with zero attached hydrogens (tertiary/aromatic N) is 1. The van der Waals surface area contributed by atoms with Crippen LogP contribution in [0.2, 0.25) is 0 Å². The van der Waals surface area contributed by atoms with Crippen LogP contribution in [0.4, 0.5) is 0 Å². The first-order valence-corrected chi connectivity index (χ1v) is 7.57. The smallest absolute Gasteiger partial charge is 0.137 e. The zero-order chi connectivity index (χ0) is 15.0. The minimum absolute atomic E-state index is 0.161. The molecule has 114 valence electrons. The molecule has 2 heterocycles. The molecule has 1 atom stereocenters. The number of aryl methyl sites for hydroxylation is 1. The molecule has 2 aromatic rings. The van der Waals surface area contributed by atoms with Gasteiger partial charge in [-0.25, -0.2) is 0 Å². The van der Waals surface area contributed by atoms with Crippen molar-refractivity contribution >= 4 is 11.0 Å². The van der Waals surface area contributed by atoms with Crippen LogP contribution in [0.3, 0.4) is 0 Å². The van der Waals surface area contributed by atoms with Crippen LogP contribution >= 0.6 is 0 Å². The molecule has 1 aliphatic rings. The van der Waals surface area contributed by atoms with E-state index >= 15 is 0 Å². The van der Waals surface area contributed by atoms with E-state index in [0.29, 0.717) is 0 Å². The van der Waals surface area contributed by atoms with Crippen molar-refractivity contribution in [3.8, 4) is 0 Å². The summed E-state index contributed by atoms with van der Waals surface area (Å²) in [6, 6.07) is 8.10. The van der Waals surface area contributed by atoms with Crippen LogP contribution in [0.25, 0.3) is 11.0 Å². The Bertz CT molecular complexity index is 627. The Morgan fingerprint density at radius 1 is 1.24 bits per heavy atom. The minimum atomic E-state index is -0.164. The molecule has 3 rings (SSSR count). The number of hydrogen-bond donors (Lipinski definition) is 1. The number of furan rings is 1. The summed E-state index contributed by atoms with van der Waals surface area (Å²) in [5.41, 5.74) is 8.47. The fraction of sp³-hybridized carbons (Fsp3) is 0.529. The average molecular weight is 288 g/mol. The molecule has 1 aromatic carbocycles. The molecule has 1 unspecified atom stereocenters. The molecule has 0 aliphatic carbocycles. The van der Waals surface area contributed by atoms with Gasteiger partial charge >= 0.3 is 0 Å². The van der Waals surface area contributed by atoms with Gasteiger partial charge in [0.1, 0.15) is 11.3 Å². The van der Waals surface area contributed by atoms with Crippen molar-refractivity contribution in [3.63, 3.8) is 0 Å². The maximum atomic E-state index is 6.54. The van der Waals surface area contributed by atoms with Gasteiger partial charge in [-0.05, 0) is 32.4 Å². The van der Waals surface area contributed by atoms with E-state index in [4.69, 9.17) is 14.9 Å². The third kappa shape index (κ3) is 2.59. The molecular weight excluding hydrogens is 264 g/mol. The predicted molar refractivity (Wildman–Crippen MR) is 84.4 cm³/mol. The maximum absolute atomic E-state index is 6.54. The van der Waals surface area contributed by atoms with Gasteiger partial charge in [-0.2, -0.15) is 0 Å². The normalized spacial score (nSPS) is 19.0. The number of morpholine rings is 1. The largest absolute Gasteiger partial charge is 0.459 e. The van der Waals surface area contributed by atoms with Crippen molar-refractivity contribution in [1.82, 2.24) is 4.90 Å². The lowest BCUT2D eigenvalue weighted by atomic mass is 9.90. The second kappa shape index (κ2) is 5.44. The Hall–Kier alpha value is -1.36. The predicted octanol–water partition coefficient (Wildman–Crippen LogP) is 2.85. The number of para-hydroxylation sites is 1. The van der Waals surface area contributed by atoms with Crippen molar-refractivity contribution in [3.05, 3.63) is 35.6 Å². The molecule has 2 N–H and O–H groups in total. The number of ether oxygens (including phenoxy) is 1. The molecule has 0 spiro atoms. The van der Waals surface area contributed by atoms with E-state index in [1.165, 1.54) is 0 Å². The second-order valence-electron chi connectivity index (χ2n) is 6.37. The second-order valence-corrected chi connectivity index (χ2v) is 6.37. The van der Waals surface area contributed by atoms with Crippen LogP contribution < -0.4 is 5.73 Å². The van der Waals surface area contributed by atoms with Gasteiger partial charge in [-0.3, -0.25) is 4.90 Å². The van der Waals surface area contributed by atoms with Gasteiger partial charge in [-0.15, -0.1) is 0 Å². The maximum Gasteiger partial charge on any atom is 0.137 e. The topological polar surface area (TPSA) is 51.6 Å². The van der Waals surface area contributed by atoms with E-state index in [-0.39, 0.29) is 11.6 Å². The van der Waals surface area contributed by atoms with Gasteiger partial charge < -0.3 is 14.9 Å². The Kier molecular flexibility index (Phi) is 3.78. The quantitative estimate of drug-likeness (QED) is 0.943. The summed E-state index contributed by atoms with van der Waals surface area (Å²) in [6.45, 7) is 9.81. The highest BCUT2D eigenvalue weighted by molar-refractivity contribution is 5.81. The van der Waals surface area contributed by atoms with Crippen molar-refractivity contribution in [2.24, 2.45) is 5.73 Å². The number of hydrogen-bond acceptors (Lipinski definition) is 4. The molecule has 1 saturated heterocycles. The zero-order valence-corrected chi connectivity index (χ0v) is 13.1. The fourth-order valence-corrected chi connectivity index (χ4v) is 3.07. The van der Waals surface area contributed by atoms with Crippen LogP contribution in [-0.2, 0) is 4.74 Å². The molecule has 0 saturated carbocycles. The molecule has 21 heavy (non-hydrogen) atoms. The van der Waals surface area contributed by atoms with E-state index in [1.807, 2.05) is 0 Å².